The van der Waals surface area contributed by atoms with Crippen LogP contribution in [0.3, 0.4) is 0 Å². The molecule has 160 valence electrons. The second-order valence-electron chi connectivity index (χ2n) is 7.76. The van der Waals surface area contributed by atoms with Gasteiger partial charge in [0.25, 0.3) is 5.91 Å². The molecule has 3 rings (SSSR count). The van der Waals surface area contributed by atoms with Gasteiger partial charge in [0.05, 0.1) is 0 Å². The quantitative estimate of drug-likeness (QED) is 0.754. The predicted octanol–water partition coefficient (Wildman–Crippen LogP) is 3.89. The Morgan fingerprint density at radius 3 is 2.20 bits per heavy atom. The van der Waals surface area contributed by atoms with E-state index in [2.05, 4.69) is 36.2 Å². The van der Waals surface area contributed by atoms with Crippen LogP contribution in [0.4, 0.5) is 11.4 Å². The van der Waals surface area contributed by atoms with Gasteiger partial charge in [0.2, 0.25) is 5.91 Å². The van der Waals surface area contributed by atoms with Crippen molar-refractivity contribution in [3.8, 4) is 5.75 Å². The van der Waals surface area contributed by atoms with E-state index in [-0.39, 0.29) is 18.4 Å². The Morgan fingerprint density at radius 1 is 1.00 bits per heavy atom. The molecule has 2 aromatic carbocycles. The van der Waals surface area contributed by atoms with Crippen molar-refractivity contribution in [1.29, 1.82) is 0 Å². The summed E-state index contributed by atoms with van der Waals surface area (Å²) < 4.78 is 5.60. The molecule has 6 heteroatoms. The monoisotopic (exact) mass is 409 g/mol. The summed E-state index contributed by atoms with van der Waals surface area (Å²) in [6, 6.07) is 15.7. The minimum absolute atomic E-state index is 0.0303. The Balaban J connectivity index is 1.46. The fraction of sp³-hybridized carbons (Fsp3) is 0.417. The summed E-state index contributed by atoms with van der Waals surface area (Å²) in [6.45, 7) is 9.05. The van der Waals surface area contributed by atoms with Gasteiger partial charge in [0, 0.05) is 44.5 Å². The minimum Gasteiger partial charge on any atom is -0.484 e. The van der Waals surface area contributed by atoms with Crippen LogP contribution in [0.25, 0.3) is 0 Å². The topological polar surface area (TPSA) is 61.9 Å². The van der Waals surface area contributed by atoms with Crippen LogP contribution in [0.2, 0.25) is 0 Å². The van der Waals surface area contributed by atoms with Gasteiger partial charge in [-0.05, 0) is 54.3 Å². The van der Waals surface area contributed by atoms with E-state index in [1.54, 1.807) is 6.92 Å². The Hall–Kier alpha value is -3.02. The van der Waals surface area contributed by atoms with Crippen LogP contribution in [0.15, 0.2) is 48.5 Å². The molecule has 1 fully saturated rings. The molecule has 0 aliphatic carbocycles. The SMILES string of the molecule is CC[C@H](C)c1ccc(OCC(=O)Nc2ccc(N3CCN(C(C)=O)CC3)cc2)cc1. The van der Waals surface area contributed by atoms with E-state index in [4.69, 9.17) is 4.74 Å². The highest BCUT2D eigenvalue weighted by atomic mass is 16.5. The molecule has 6 nitrogen and oxygen atoms in total. The van der Waals surface area contributed by atoms with Crippen LogP contribution in [0, 0.1) is 0 Å². The van der Waals surface area contributed by atoms with Crippen LogP contribution in [-0.4, -0.2) is 49.5 Å². The van der Waals surface area contributed by atoms with E-state index < -0.39 is 0 Å². The maximum absolute atomic E-state index is 12.2. The number of hydrogen-bond donors (Lipinski definition) is 1. The van der Waals surface area contributed by atoms with E-state index in [0.717, 1.165) is 44.0 Å². The lowest BCUT2D eigenvalue weighted by molar-refractivity contribution is -0.129. The maximum atomic E-state index is 12.2. The first-order valence-corrected chi connectivity index (χ1v) is 10.6. The number of amides is 2. The normalized spacial score (nSPS) is 14.9. The van der Waals surface area contributed by atoms with E-state index in [0.29, 0.717) is 11.7 Å². The second kappa shape index (κ2) is 10.1. The average Bonchev–Trinajstić information content (AvgIpc) is 2.78. The van der Waals surface area contributed by atoms with Crippen LogP contribution in [-0.2, 0) is 9.59 Å². The number of anilines is 2. The first-order valence-electron chi connectivity index (χ1n) is 10.6. The van der Waals surface area contributed by atoms with Crippen LogP contribution < -0.4 is 15.0 Å². The molecule has 1 aliphatic heterocycles. The summed E-state index contributed by atoms with van der Waals surface area (Å²) in [7, 11) is 0. The van der Waals surface area contributed by atoms with Crippen LogP contribution in [0.1, 0.15) is 38.7 Å². The van der Waals surface area contributed by atoms with Gasteiger partial charge in [-0.3, -0.25) is 9.59 Å². The summed E-state index contributed by atoms with van der Waals surface area (Å²) in [6.07, 6.45) is 1.09. The van der Waals surface area contributed by atoms with E-state index in [1.807, 2.05) is 41.3 Å². The molecule has 1 atom stereocenters. The van der Waals surface area contributed by atoms with Crippen molar-refractivity contribution < 1.29 is 14.3 Å². The number of ether oxygens (including phenoxy) is 1. The summed E-state index contributed by atoms with van der Waals surface area (Å²) in [5.74, 6) is 1.14. The molecule has 0 bridgehead atoms. The lowest BCUT2D eigenvalue weighted by Crippen LogP contribution is -2.48. The van der Waals surface area contributed by atoms with Gasteiger partial charge in [-0.25, -0.2) is 0 Å². The van der Waals surface area contributed by atoms with Gasteiger partial charge in [0.15, 0.2) is 6.61 Å². The van der Waals surface area contributed by atoms with Gasteiger partial charge in [-0.15, -0.1) is 0 Å². The van der Waals surface area contributed by atoms with E-state index in [1.165, 1.54) is 5.56 Å². The molecule has 0 aromatic heterocycles. The lowest BCUT2D eigenvalue weighted by Gasteiger charge is -2.35. The van der Waals surface area contributed by atoms with E-state index >= 15 is 0 Å². The largest absolute Gasteiger partial charge is 0.484 e. The van der Waals surface area contributed by atoms with Crippen molar-refractivity contribution in [2.24, 2.45) is 0 Å². The fourth-order valence-corrected chi connectivity index (χ4v) is 3.51. The summed E-state index contributed by atoms with van der Waals surface area (Å²) in [5.41, 5.74) is 3.10. The lowest BCUT2D eigenvalue weighted by atomic mass is 9.99. The molecule has 30 heavy (non-hydrogen) atoms. The van der Waals surface area contributed by atoms with Gasteiger partial charge >= 0.3 is 0 Å². The summed E-state index contributed by atoms with van der Waals surface area (Å²) >= 11 is 0. The van der Waals surface area contributed by atoms with Crippen molar-refractivity contribution >= 4 is 23.2 Å². The summed E-state index contributed by atoms with van der Waals surface area (Å²) in [4.78, 5) is 27.8. The maximum Gasteiger partial charge on any atom is 0.262 e. The van der Waals surface area contributed by atoms with Crippen LogP contribution >= 0.6 is 0 Å². The van der Waals surface area contributed by atoms with Crippen molar-refractivity contribution in [3.63, 3.8) is 0 Å². The molecule has 0 spiro atoms. The van der Waals surface area contributed by atoms with E-state index in [9.17, 15) is 9.59 Å². The third kappa shape index (κ3) is 5.75. The first kappa shape index (κ1) is 21.7. The molecule has 1 N–H and O–H groups in total. The average molecular weight is 410 g/mol. The molecule has 2 amide bonds. The van der Waals surface area contributed by atoms with Crippen molar-refractivity contribution in [1.82, 2.24) is 4.90 Å². The third-order valence-corrected chi connectivity index (χ3v) is 5.67. The molecule has 1 saturated heterocycles. The molecular formula is C24H31N3O3. The van der Waals surface area contributed by atoms with Crippen LogP contribution in [0.5, 0.6) is 5.75 Å². The molecule has 0 saturated carbocycles. The third-order valence-electron chi connectivity index (χ3n) is 5.67. The summed E-state index contributed by atoms with van der Waals surface area (Å²) in [5, 5.41) is 2.87. The number of nitrogens with one attached hydrogen (secondary N) is 1. The molecule has 0 radical (unpaired) electrons. The number of carbonyl (C=O) groups is 2. The molecule has 2 aromatic rings. The number of benzene rings is 2. The highest BCUT2D eigenvalue weighted by Crippen LogP contribution is 2.22. The van der Waals surface area contributed by atoms with Crippen molar-refractivity contribution in [2.75, 3.05) is 43.0 Å². The van der Waals surface area contributed by atoms with Gasteiger partial charge < -0.3 is 19.9 Å². The Morgan fingerprint density at radius 2 is 1.63 bits per heavy atom. The minimum atomic E-state index is -0.191. The van der Waals surface area contributed by atoms with Gasteiger partial charge in [0.1, 0.15) is 5.75 Å². The molecular weight excluding hydrogens is 378 g/mol. The number of piperazine rings is 1. The smallest absolute Gasteiger partial charge is 0.262 e. The Bertz CT molecular complexity index is 841. The number of carbonyl (C=O) groups excluding carboxylic acids is 2. The molecule has 1 aliphatic rings. The molecule has 0 unspecified atom stereocenters. The van der Waals surface area contributed by atoms with Gasteiger partial charge in [-0.1, -0.05) is 26.0 Å². The number of rotatable bonds is 7. The number of nitrogens with zero attached hydrogens (tertiary/aromatic N) is 2. The second-order valence-corrected chi connectivity index (χ2v) is 7.76. The molecule has 1 heterocycles. The number of hydrogen-bond acceptors (Lipinski definition) is 4. The van der Waals surface area contributed by atoms with Gasteiger partial charge in [-0.2, -0.15) is 0 Å². The van der Waals surface area contributed by atoms with Crippen molar-refractivity contribution in [2.45, 2.75) is 33.1 Å². The highest BCUT2D eigenvalue weighted by Gasteiger charge is 2.18. The zero-order valence-electron chi connectivity index (χ0n) is 18.1. The van der Waals surface area contributed by atoms with Crippen molar-refractivity contribution in [3.05, 3.63) is 54.1 Å². The zero-order valence-corrected chi connectivity index (χ0v) is 18.1. The fourth-order valence-electron chi connectivity index (χ4n) is 3.51. The Kier molecular flexibility index (Phi) is 7.33. The Labute approximate surface area is 178 Å². The predicted molar refractivity (Wildman–Crippen MR) is 120 cm³/mol. The zero-order chi connectivity index (χ0) is 21.5. The highest BCUT2D eigenvalue weighted by molar-refractivity contribution is 5.92. The first-order chi connectivity index (χ1) is 14.5. The standard InChI is InChI=1S/C24H31N3O3/c1-4-18(2)20-5-11-23(12-6-20)30-17-24(29)25-21-7-9-22(10-8-21)27-15-13-26(14-16-27)19(3)28/h5-12,18H,4,13-17H2,1-3H3,(H,25,29)/t18-/m0/s1.